The summed E-state index contributed by atoms with van der Waals surface area (Å²) in [5, 5.41) is 0.691. The van der Waals surface area contributed by atoms with Crippen LogP contribution in [0.4, 0.5) is 5.82 Å². The summed E-state index contributed by atoms with van der Waals surface area (Å²) < 4.78 is 16.5. The molecule has 7 heteroatoms. The fourth-order valence-corrected chi connectivity index (χ4v) is 3.37. The second-order valence-corrected chi connectivity index (χ2v) is 6.28. The van der Waals surface area contributed by atoms with Gasteiger partial charge in [-0.2, -0.15) is 0 Å². The van der Waals surface area contributed by atoms with Crippen molar-refractivity contribution >= 4 is 16.9 Å². The van der Waals surface area contributed by atoms with Gasteiger partial charge in [-0.05, 0) is 30.3 Å². The van der Waals surface area contributed by atoms with E-state index >= 15 is 0 Å². The number of ether oxygens (including phenoxy) is 3. The molecule has 4 aromatic rings. The van der Waals surface area contributed by atoms with E-state index < -0.39 is 0 Å². The number of pyridine rings is 1. The van der Waals surface area contributed by atoms with Crippen LogP contribution in [0.3, 0.4) is 0 Å². The SMILES string of the molecule is COc1ccccc1-c1cc(-c2ccc3c(c2)OCO3)nc2ncnc(N)c12. The van der Waals surface area contributed by atoms with Crippen LogP contribution in [0.1, 0.15) is 0 Å². The Morgan fingerprint density at radius 2 is 1.82 bits per heavy atom. The molecule has 138 valence electrons. The number of nitrogens with two attached hydrogens (primary N) is 1. The smallest absolute Gasteiger partial charge is 0.231 e. The third-order valence-electron chi connectivity index (χ3n) is 4.70. The second-order valence-electron chi connectivity index (χ2n) is 6.28. The third-order valence-corrected chi connectivity index (χ3v) is 4.70. The van der Waals surface area contributed by atoms with E-state index in [4.69, 9.17) is 24.9 Å². The predicted molar refractivity (Wildman–Crippen MR) is 105 cm³/mol. The van der Waals surface area contributed by atoms with E-state index in [2.05, 4.69) is 9.97 Å². The lowest BCUT2D eigenvalue weighted by molar-refractivity contribution is 0.174. The Morgan fingerprint density at radius 3 is 2.71 bits per heavy atom. The van der Waals surface area contributed by atoms with E-state index in [1.807, 2.05) is 48.5 Å². The Kier molecular flexibility index (Phi) is 3.72. The number of rotatable bonds is 3. The van der Waals surface area contributed by atoms with Crippen molar-refractivity contribution in [3.63, 3.8) is 0 Å². The van der Waals surface area contributed by atoms with Crippen LogP contribution in [-0.2, 0) is 0 Å². The fourth-order valence-electron chi connectivity index (χ4n) is 3.37. The van der Waals surface area contributed by atoms with Crippen molar-refractivity contribution < 1.29 is 14.2 Å². The van der Waals surface area contributed by atoms with E-state index in [-0.39, 0.29) is 6.79 Å². The summed E-state index contributed by atoms with van der Waals surface area (Å²) in [5.41, 5.74) is 10.1. The molecule has 7 nitrogen and oxygen atoms in total. The standard InChI is InChI=1S/C21H16N4O3/c1-26-16-5-3-2-4-13(16)14-9-15(25-21-19(14)20(22)23-10-24-21)12-6-7-17-18(8-12)28-11-27-17/h2-10H,11H2,1H3,(H2,22,23,24,25). The lowest BCUT2D eigenvalue weighted by Crippen LogP contribution is -1.99. The molecule has 2 aromatic heterocycles. The van der Waals surface area contributed by atoms with Gasteiger partial charge >= 0.3 is 0 Å². The van der Waals surface area contributed by atoms with Crippen molar-refractivity contribution in [2.45, 2.75) is 0 Å². The van der Waals surface area contributed by atoms with E-state index in [9.17, 15) is 0 Å². The Balaban J connectivity index is 1.79. The van der Waals surface area contributed by atoms with Crippen LogP contribution in [0.5, 0.6) is 17.2 Å². The van der Waals surface area contributed by atoms with Crippen molar-refractivity contribution in [2.75, 3.05) is 19.6 Å². The van der Waals surface area contributed by atoms with E-state index in [0.29, 0.717) is 22.6 Å². The van der Waals surface area contributed by atoms with Crippen molar-refractivity contribution in [3.8, 4) is 39.6 Å². The van der Waals surface area contributed by atoms with Crippen molar-refractivity contribution in [3.05, 3.63) is 54.9 Å². The highest BCUT2D eigenvalue weighted by molar-refractivity contribution is 6.02. The Morgan fingerprint density at radius 1 is 0.964 bits per heavy atom. The molecule has 0 amide bonds. The average Bonchev–Trinajstić information content (AvgIpc) is 3.21. The number of fused-ring (bicyclic) bond motifs is 2. The van der Waals surface area contributed by atoms with Gasteiger partial charge in [0.2, 0.25) is 6.79 Å². The molecule has 3 heterocycles. The molecule has 1 aliphatic rings. The van der Waals surface area contributed by atoms with Gasteiger partial charge in [0.25, 0.3) is 0 Å². The average molecular weight is 372 g/mol. The lowest BCUT2D eigenvalue weighted by Gasteiger charge is -2.13. The molecule has 0 bridgehead atoms. The first-order valence-electron chi connectivity index (χ1n) is 8.69. The molecule has 1 aliphatic heterocycles. The number of hydrogen-bond donors (Lipinski definition) is 1. The van der Waals surface area contributed by atoms with Gasteiger partial charge in [-0.25, -0.2) is 15.0 Å². The number of methoxy groups -OCH3 is 1. The molecule has 2 aromatic carbocycles. The Hall–Kier alpha value is -3.87. The molecule has 0 aliphatic carbocycles. The van der Waals surface area contributed by atoms with E-state index in [1.54, 1.807) is 7.11 Å². The van der Waals surface area contributed by atoms with E-state index in [1.165, 1.54) is 6.33 Å². The first-order valence-corrected chi connectivity index (χ1v) is 8.69. The van der Waals surface area contributed by atoms with Gasteiger partial charge in [-0.15, -0.1) is 0 Å². The maximum Gasteiger partial charge on any atom is 0.231 e. The molecule has 2 N–H and O–H groups in total. The number of nitrogen functional groups attached to an aromatic ring is 1. The number of anilines is 1. The first kappa shape index (κ1) is 16.3. The molecule has 0 unspecified atom stereocenters. The first-order chi connectivity index (χ1) is 13.7. The van der Waals surface area contributed by atoms with Crippen LogP contribution >= 0.6 is 0 Å². The zero-order valence-corrected chi connectivity index (χ0v) is 15.0. The van der Waals surface area contributed by atoms with Crippen molar-refractivity contribution in [1.82, 2.24) is 15.0 Å². The van der Waals surface area contributed by atoms with Gasteiger partial charge in [0.1, 0.15) is 17.9 Å². The molecular weight excluding hydrogens is 356 g/mol. The van der Waals surface area contributed by atoms with Crippen LogP contribution < -0.4 is 19.9 Å². The highest BCUT2D eigenvalue weighted by Crippen LogP contribution is 2.40. The van der Waals surface area contributed by atoms with Gasteiger partial charge in [-0.3, -0.25) is 0 Å². The normalized spacial score (nSPS) is 12.3. The summed E-state index contributed by atoms with van der Waals surface area (Å²) in [5.74, 6) is 2.52. The molecular formula is C21H16N4O3. The predicted octanol–water partition coefficient (Wildman–Crippen LogP) is 3.68. The monoisotopic (exact) mass is 372 g/mol. The van der Waals surface area contributed by atoms with E-state index in [0.717, 1.165) is 33.9 Å². The summed E-state index contributed by atoms with van der Waals surface area (Å²) in [6.45, 7) is 0.222. The molecule has 0 saturated heterocycles. The fraction of sp³-hybridized carbons (Fsp3) is 0.0952. The molecule has 0 spiro atoms. The number of benzene rings is 2. The quantitative estimate of drug-likeness (QED) is 0.586. The number of para-hydroxylation sites is 1. The van der Waals surface area contributed by atoms with Crippen LogP contribution in [0.2, 0.25) is 0 Å². The number of nitrogens with zero attached hydrogens (tertiary/aromatic N) is 3. The number of hydrogen-bond acceptors (Lipinski definition) is 7. The van der Waals surface area contributed by atoms with Crippen LogP contribution in [0.25, 0.3) is 33.4 Å². The molecule has 28 heavy (non-hydrogen) atoms. The highest BCUT2D eigenvalue weighted by Gasteiger charge is 2.18. The minimum atomic E-state index is 0.222. The minimum Gasteiger partial charge on any atom is -0.496 e. The van der Waals surface area contributed by atoms with Gasteiger partial charge in [0, 0.05) is 16.7 Å². The molecule has 0 saturated carbocycles. The largest absolute Gasteiger partial charge is 0.496 e. The van der Waals surface area contributed by atoms with Gasteiger partial charge < -0.3 is 19.9 Å². The number of aromatic nitrogens is 3. The Labute approximate surface area is 160 Å². The summed E-state index contributed by atoms with van der Waals surface area (Å²) in [7, 11) is 1.64. The van der Waals surface area contributed by atoms with Crippen molar-refractivity contribution in [2.24, 2.45) is 0 Å². The molecule has 0 atom stereocenters. The van der Waals surface area contributed by atoms with Gasteiger partial charge in [-0.1, -0.05) is 18.2 Å². The molecule has 0 fully saturated rings. The molecule has 5 rings (SSSR count). The zero-order chi connectivity index (χ0) is 19.1. The Bertz CT molecular complexity index is 1210. The highest BCUT2D eigenvalue weighted by atomic mass is 16.7. The van der Waals surface area contributed by atoms with Crippen molar-refractivity contribution in [1.29, 1.82) is 0 Å². The zero-order valence-electron chi connectivity index (χ0n) is 15.0. The van der Waals surface area contributed by atoms with Gasteiger partial charge in [0.15, 0.2) is 17.1 Å². The maximum absolute atomic E-state index is 6.18. The molecule has 0 radical (unpaired) electrons. The second kappa shape index (κ2) is 6.38. The van der Waals surface area contributed by atoms with Gasteiger partial charge in [0.05, 0.1) is 18.2 Å². The topological polar surface area (TPSA) is 92.4 Å². The third kappa shape index (κ3) is 2.56. The van der Waals surface area contributed by atoms with Crippen LogP contribution in [0.15, 0.2) is 54.9 Å². The summed E-state index contributed by atoms with van der Waals surface area (Å²) in [6, 6.07) is 15.4. The summed E-state index contributed by atoms with van der Waals surface area (Å²) in [6.07, 6.45) is 1.42. The minimum absolute atomic E-state index is 0.222. The summed E-state index contributed by atoms with van der Waals surface area (Å²) in [4.78, 5) is 13.2. The maximum atomic E-state index is 6.18. The lowest BCUT2D eigenvalue weighted by atomic mass is 9.99. The summed E-state index contributed by atoms with van der Waals surface area (Å²) >= 11 is 0. The van der Waals surface area contributed by atoms with Crippen LogP contribution in [-0.4, -0.2) is 28.9 Å². The van der Waals surface area contributed by atoms with Crippen LogP contribution in [0, 0.1) is 0 Å².